The number of nitrogens with two attached hydrogens (primary N) is 1. The van der Waals surface area contributed by atoms with E-state index in [1.165, 1.54) is 53.4 Å². The number of aryl methyl sites for hydroxylation is 4. The fourth-order valence-corrected chi connectivity index (χ4v) is 6.12. The van der Waals surface area contributed by atoms with Crippen LogP contribution in [0.25, 0.3) is 45.1 Å². The summed E-state index contributed by atoms with van der Waals surface area (Å²) in [6.45, 7) is 4.10. The molecule has 0 spiro atoms. The third-order valence-corrected chi connectivity index (χ3v) is 9.11. The molecule has 8 rings (SSSR count). The molecule has 3 N–H and O–H groups in total. The van der Waals surface area contributed by atoms with Crippen LogP contribution in [-0.2, 0) is 27.2 Å². The van der Waals surface area contributed by atoms with Gasteiger partial charge in [0, 0.05) is 31.8 Å². The molecule has 16 heteroatoms. The third-order valence-electron chi connectivity index (χ3n) is 9.11. The number of halogens is 4. The van der Waals surface area contributed by atoms with Gasteiger partial charge in [-0.05, 0) is 96.8 Å². The van der Waals surface area contributed by atoms with Crippen LogP contribution in [0.4, 0.5) is 34.0 Å². The number of hydrogen-bond acceptors (Lipinski definition) is 8. The smallest absolute Gasteiger partial charge is 0.320 e. The number of aromatic nitrogens is 8. The standard InChI is InChI=1S/C21H18F2N6O.C20H17F2N5/c1-12-9-15(23)7-8-16(12)18-26-19-17(25-11-28(19)2)20(27-18)29(21(24)30)10-13-3-5-14(22)6-4-13;1-12-9-15(22)7-8-16(12)18-25-19(17-20(26-18)27(2)11-24-17)23-10-13-3-5-14(21)6-4-13/h3-9,11H,10H2,1-2H3,(H2,24,30);3-9,11H,10H2,1-2H3,(H,23,25,26). The molecule has 0 bridgehead atoms. The van der Waals surface area contributed by atoms with Crippen molar-refractivity contribution in [1.29, 1.82) is 0 Å². The Labute approximate surface area is 323 Å². The second-order valence-electron chi connectivity index (χ2n) is 13.3. The average Bonchev–Trinajstić information content (AvgIpc) is 3.75. The molecule has 0 unspecified atom stereocenters. The normalized spacial score (nSPS) is 11.1. The van der Waals surface area contributed by atoms with Crippen LogP contribution in [0.15, 0.2) is 97.6 Å². The third kappa shape index (κ3) is 8.24. The summed E-state index contributed by atoms with van der Waals surface area (Å²) in [5.74, 6) is 0.268. The van der Waals surface area contributed by atoms with E-state index in [-0.39, 0.29) is 35.6 Å². The number of amides is 2. The van der Waals surface area contributed by atoms with E-state index in [0.717, 1.165) is 16.7 Å². The van der Waals surface area contributed by atoms with Crippen LogP contribution in [0.5, 0.6) is 0 Å². The van der Waals surface area contributed by atoms with Gasteiger partial charge in [-0.1, -0.05) is 24.3 Å². The zero-order valence-corrected chi connectivity index (χ0v) is 31.2. The van der Waals surface area contributed by atoms with Crippen LogP contribution in [0.3, 0.4) is 0 Å². The number of primary amides is 1. The Kier molecular flexibility index (Phi) is 10.6. The largest absolute Gasteiger partial charge is 0.364 e. The first kappa shape index (κ1) is 38.1. The molecule has 2 amide bonds. The summed E-state index contributed by atoms with van der Waals surface area (Å²) in [6, 6.07) is 20.1. The van der Waals surface area contributed by atoms with Crippen LogP contribution in [0, 0.1) is 37.1 Å². The number of nitrogens with zero attached hydrogens (tertiary/aromatic N) is 9. The molecular formula is C41H35F4N11O. The molecule has 0 fully saturated rings. The summed E-state index contributed by atoms with van der Waals surface area (Å²) in [5, 5.41) is 3.25. The highest BCUT2D eigenvalue weighted by Gasteiger charge is 2.23. The van der Waals surface area contributed by atoms with E-state index >= 15 is 0 Å². The lowest BCUT2D eigenvalue weighted by Gasteiger charge is -2.20. The van der Waals surface area contributed by atoms with E-state index in [9.17, 15) is 22.4 Å². The number of nitrogens with one attached hydrogen (secondary N) is 1. The van der Waals surface area contributed by atoms with Crippen molar-refractivity contribution in [3.8, 4) is 22.8 Å². The zero-order valence-electron chi connectivity index (χ0n) is 31.2. The first-order valence-electron chi connectivity index (χ1n) is 17.6. The molecular weight excluding hydrogens is 739 g/mol. The fourth-order valence-electron chi connectivity index (χ4n) is 6.12. The fraction of sp³-hybridized carbons (Fsp3) is 0.146. The summed E-state index contributed by atoms with van der Waals surface area (Å²) < 4.78 is 56.9. The van der Waals surface area contributed by atoms with Gasteiger partial charge in [-0.2, -0.15) is 0 Å². The van der Waals surface area contributed by atoms with Crippen molar-refractivity contribution in [3.05, 3.63) is 143 Å². The SMILES string of the molecule is Cc1cc(F)ccc1-c1nc(N(Cc2ccc(F)cc2)C(N)=O)c2ncn(C)c2n1.Cc1cc(F)ccc1-c1nc(NCc2ccc(F)cc2)c2ncn(C)c2n1. The van der Waals surface area contributed by atoms with E-state index < -0.39 is 6.03 Å². The van der Waals surface area contributed by atoms with Gasteiger partial charge in [0.15, 0.2) is 40.1 Å². The van der Waals surface area contributed by atoms with E-state index in [4.69, 9.17) is 5.73 Å². The molecule has 8 aromatic rings. The number of anilines is 2. The Bertz CT molecular complexity index is 2750. The molecule has 0 aliphatic carbocycles. The van der Waals surface area contributed by atoms with Gasteiger partial charge in [-0.25, -0.2) is 52.3 Å². The van der Waals surface area contributed by atoms with E-state index in [1.807, 2.05) is 18.5 Å². The molecule has 0 radical (unpaired) electrons. The van der Waals surface area contributed by atoms with Crippen molar-refractivity contribution in [3.63, 3.8) is 0 Å². The monoisotopic (exact) mass is 773 g/mol. The summed E-state index contributed by atoms with van der Waals surface area (Å²) in [6.07, 6.45) is 3.23. The highest BCUT2D eigenvalue weighted by atomic mass is 19.1. The highest BCUT2D eigenvalue weighted by Crippen LogP contribution is 2.30. The van der Waals surface area contributed by atoms with Crippen molar-refractivity contribution < 1.29 is 22.4 Å². The Morgan fingerprint density at radius 1 is 0.649 bits per heavy atom. The lowest BCUT2D eigenvalue weighted by Crippen LogP contribution is -2.36. The van der Waals surface area contributed by atoms with Crippen LogP contribution in [-0.4, -0.2) is 45.1 Å². The van der Waals surface area contributed by atoms with Crippen molar-refractivity contribution in [2.75, 3.05) is 10.2 Å². The van der Waals surface area contributed by atoms with Gasteiger partial charge in [0.05, 0.1) is 19.2 Å². The van der Waals surface area contributed by atoms with Gasteiger partial charge in [0.25, 0.3) is 0 Å². The van der Waals surface area contributed by atoms with Gasteiger partial charge in [0.1, 0.15) is 28.8 Å². The topological polar surface area (TPSA) is 146 Å². The predicted molar refractivity (Wildman–Crippen MR) is 209 cm³/mol. The second-order valence-corrected chi connectivity index (χ2v) is 13.3. The molecule has 4 aromatic carbocycles. The van der Waals surface area contributed by atoms with E-state index in [1.54, 1.807) is 67.6 Å². The number of fused-ring (bicyclic) bond motifs is 2. The lowest BCUT2D eigenvalue weighted by atomic mass is 10.1. The van der Waals surface area contributed by atoms with Crippen molar-refractivity contribution in [1.82, 2.24) is 39.0 Å². The van der Waals surface area contributed by atoms with Crippen LogP contribution in [0.1, 0.15) is 22.3 Å². The maximum Gasteiger partial charge on any atom is 0.320 e. The summed E-state index contributed by atoms with van der Waals surface area (Å²) in [4.78, 5) is 40.6. The Morgan fingerprint density at radius 3 is 1.65 bits per heavy atom. The minimum atomic E-state index is -0.744. The number of rotatable bonds is 8. The minimum Gasteiger partial charge on any atom is -0.364 e. The number of imidazole rings is 2. The molecule has 288 valence electrons. The van der Waals surface area contributed by atoms with Gasteiger partial charge < -0.3 is 20.2 Å². The van der Waals surface area contributed by atoms with Crippen LogP contribution < -0.4 is 16.0 Å². The molecule has 0 aliphatic rings. The number of urea groups is 1. The maximum absolute atomic E-state index is 13.6. The Hall–Kier alpha value is -7.23. The van der Waals surface area contributed by atoms with Crippen LogP contribution in [0.2, 0.25) is 0 Å². The Balaban J connectivity index is 0.000000175. The molecule has 4 aromatic heterocycles. The molecule has 4 heterocycles. The molecule has 57 heavy (non-hydrogen) atoms. The number of benzene rings is 4. The first-order valence-corrected chi connectivity index (χ1v) is 17.6. The molecule has 0 atom stereocenters. The first-order chi connectivity index (χ1) is 27.3. The average molecular weight is 774 g/mol. The van der Waals surface area contributed by atoms with Gasteiger partial charge in [-0.3, -0.25) is 4.90 Å². The Morgan fingerprint density at radius 2 is 1.12 bits per heavy atom. The van der Waals surface area contributed by atoms with Crippen molar-refractivity contribution in [2.45, 2.75) is 26.9 Å². The molecule has 12 nitrogen and oxygen atoms in total. The summed E-state index contributed by atoms with van der Waals surface area (Å²) in [5.41, 5.74) is 12.2. The van der Waals surface area contributed by atoms with E-state index in [2.05, 4.69) is 35.2 Å². The van der Waals surface area contributed by atoms with Gasteiger partial charge in [-0.15, -0.1) is 0 Å². The van der Waals surface area contributed by atoms with Crippen LogP contribution >= 0.6 is 0 Å². The van der Waals surface area contributed by atoms with Gasteiger partial charge in [0.2, 0.25) is 0 Å². The number of carbonyl (C=O) groups is 1. The molecule has 0 saturated carbocycles. The number of hydrogen-bond donors (Lipinski definition) is 2. The summed E-state index contributed by atoms with van der Waals surface area (Å²) in [7, 11) is 3.62. The molecule has 0 saturated heterocycles. The zero-order chi connectivity index (χ0) is 40.4. The second kappa shape index (κ2) is 15.9. The van der Waals surface area contributed by atoms with Crippen molar-refractivity contribution in [2.24, 2.45) is 19.8 Å². The van der Waals surface area contributed by atoms with Gasteiger partial charge >= 0.3 is 6.03 Å². The number of carbonyl (C=O) groups excluding carboxylic acids is 1. The molecule has 0 aliphatic heterocycles. The van der Waals surface area contributed by atoms with E-state index in [0.29, 0.717) is 63.0 Å². The highest BCUT2D eigenvalue weighted by molar-refractivity contribution is 5.98. The van der Waals surface area contributed by atoms with Crippen molar-refractivity contribution >= 4 is 40.0 Å². The maximum atomic E-state index is 13.6. The minimum absolute atomic E-state index is 0.0696. The summed E-state index contributed by atoms with van der Waals surface area (Å²) >= 11 is 0. The quantitative estimate of drug-likeness (QED) is 0.148. The predicted octanol–water partition coefficient (Wildman–Crippen LogP) is 7.93. The lowest BCUT2D eigenvalue weighted by molar-refractivity contribution is 0.253.